The molecule has 25 heavy (non-hydrogen) atoms. The Kier molecular flexibility index (Phi) is 4.35. The first-order valence-corrected chi connectivity index (χ1v) is 8.13. The Morgan fingerprint density at radius 1 is 1.40 bits per heavy atom. The predicted octanol–water partition coefficient (Wildman–Crippen LogP) is -0.868. The molecule has 1 aliphatic heterocycles. The number of primary amides is 1. The maximum atomic E-state index is 12.0. The lowest BCUT2D eigenvalue weighted by molar-refractivity contribution is 0.0995. The Morgan fingerprint density at radius 3 is 2.76 bits per heavy atom. The maximum Gasteiger partial charge on any atom is 0.344 e. The molecule has 10 nitrogen and oxygen atoms in total. The number of hydrogen-bond donors (Lipinski definition) is 4. The molecule has 3 amide bonds. The van der Waals surface area contributed by atoms with Crippen molar-refractivity contribution < 1.29 is 9.59 Å². The Balaban J connectivity index is 2.16. The second kappa shape index (κ2) is 6.21. The van der Waals surface area contributed by atoms with E-state index in [9.17, 15) is 9.59 Å². The third-order valence-electron chi connectivity index (χ3n) is 4.81. The molecule has 3 rings (SSSR count). The summed E-state index contributed by atoms with van der Waals surface area (Å²) in [5, 5.41) is 2.03. The molecule has 2 aliphatic rings. The van der Waals surface area contributed by atoms with Crippen molar-refractivity contribution in [2.45, 2.75) is 36.5 Å². The largest absolute Gasteiger partial charge is 0.364 e. The van der Waals surface area contributed by atoms with Gasteiger partial charge in [0.15, 0.2) is 11.5 Å². The van der Waals surface area contributed by atoms with Crippen LogP contribution in [0.1, 0.15) is 23.8 Å². The van der Waals surface area contributed by atoms with Crippen LogP contribution in [0.15, 0.2) is 17.4 Å². The number of halogens is 1. The van der Waals surface area contributed by atoms with Gasteiger partial charge in [0.25, 0.3) is 5.91 Å². The number of nitrogens with zero attached hydrogens (tertiary/aromatic N) is 4. The summed E-state index contributed by atoms with van der Waals surface area (Å²) in [6, 6.07) is -1.43. The van der Waals surface area contributed by atoms with Crippen LogP contribution in [0.2, 0.25) is 0 Å². The molecule has 1 saturated carbocycles. The summed E-state index contributed by atoms with van der Waals surface area (Å²) in [6.07, 6.45) is 4.27. The molecule has 1 aromatic rings. The van der Waals surface area contributed by atoms with E-state index in [2.05, 4.69) is 20.3 Å². The topological polar surface area (TPSA) is 166 Å². The van der Waals surface area contributed by atoms with Gasteiger partial charge in [0.2, 0.25) is 0 Å². The van der Waals surface area contributed by atoms with Crippen molar-refractivity contribution in [3.63, 3.8) is 0 Å². The van der Waals surface area contributed by atoms with E-state index in [1.165, 1.54) is 23.6 Å². The van der Waals surface area contributed by atoms with Crippen LogP contribution in [0.4, 0.5) is 10.6 Å². The summed E-state index contributed by atoms with van der Waals surface area (Å²) in [5.74, 6) is -0.714. The van der Waals surface area contributed by atoms with Crippen LogP contribution in [0.25, 0.3) is 0 Å². The van der Waals surface area contributed by atoms with Crippen molar-refractivity contribution >= 4 is 35.7 Å². The molecule has 0 aromatic carbocycles. The van der Waals surface area contributed by atoms with Crippen molar-refractivity contribution in [2.24, 2.45) is 28.1 Å². The van der Waals surface area contributed by atoms with Crippen LogP contribution in [0.5, 0.6) is 0 Å². The van der Waals surface area contributed by atoms with Gasteiger partial charge in [-0.05, 0) is 5.92 Å². The van der Waals surface area contributed by atoms with E-state index in [-0.39, 0.29) is 29.9 Å². The highest BCUT2D eigenvalue weighted by Gasteiger charge is 2.55. The fraction of sp³-hybridized carbons (Fsp3) is 0.500. The van der Waals surface area contributed by atoms with Crippen LogP contribution in [-0.4, -0.2) is 51.4 Å². The van der Waals surface area contributed by atoms with Gasteiger partial charge in [0, 0.05) is 30.9 Å². The lowest BCUT2D eigenvalue weighted by Crippen LogP contribution is -2.76. The summed E-state index contributed by atoms with van der Waals surface area (Å²) in [6.45, 7) is 1.90. The molecule has 1 spiro atoms. The summed E-state index contributed by atoms with van der Waals surface area (Å²) in [7, 11) is 0. The first kappa shape index (κ1) is 17.5. The minimum Gasteiger partial charge on any atom is -0.364 e. The molecule has 5 atom stereocenters. The van der Waals surface area contributed by atoms with E-state index < -0.39 is 29.0 Å². The lowest BCUT2D eigenvalue weighted by Gasteiger charge is -2.54. The van der Waals surface area contributed by atoms with Crippen molar-refractivity contribution in [1.82, 2.24) is 15.3 Å². The highest BCUT2D eigenvalue weighted by Crippen LogP contribution is 2.40. The van der Waals surface area contributed by atoms with Crippen molar-refractivity contribution in [3.05, 3.63) is 18.1 Å². The van der Waals surface area contributed by atoms with Gasteiger partial charge in [-0.1, -0.05) is 6.92 Å². The molecule has 7 N–H and O–H groups in total. The zero-order valence-electron chi connectivity index (χ0n) is 13.5. The van der Waals surface area contributed by atoms with Gasteiger partial charge in [-0.3, -0.25) is 9.69 Å². The van der Waals surface area contributed by atoms with Gasteiger partial charge in [0.1, 0.15) is 12.0 Å². The zero-order valence-corrected chi connectivity index (χ0v) is 14.2. The van der Waals surface area contributed by atoms with Crippen molar-refractivity contribution in [1.29, 1.82) is 0 Å². The SMILES string of the molecule is CC1C(N)CC2(NC(=O)N=CN2c2nccnc2C(N)=O)C(Cl)C1N. The van der Waals surface area contributed by atoms with Gasteiger partial charge in [-0.2, -0.15) is 4.99 Å². The van der Waals surface area contributed by atoms with Gasteiger partial charge in [-0.25, -0.2) is 14.8 Å². The Labute approximate surface area is 148 Å². The van der Waals surface area contributed by atoms with E-state index in [1.807, 2.05) is 6.92 Å². The number of rotatable bonds is 2. The number of nitrogens with two attached hydrogens (primary N) is 3. The van der Waals surface area contributed by atoms with Crippen LogP contribution in [0, 0.1) is 5.92 Å². The molecular weight excluding hydrogens is 348 g/mol. The van der Waals surface area contributed by atoms with Crippen LogP contribution in [0.3, 0.4) is 0 Å². The maximum absolute atomic E-state index is 12.0. The first-order valence-electron chi connectivity index (χ1n) is 7.69. The van der Waals surface area contributed by atoms with Crippen LogP contribution >= 0.6 is 11.6 Å². The number of carbonyl (C=O) groups excluding carboxylic acids is 2. The zero-order chi connectivity index (χ0) is 18.4. The number of aliphatic imine (C=N–C) groups is 1. The van der Waals surface area contributed by atoms with Crippen molar-refractivity contribution in [3.8, 4) is 0 Å². The summed E-state index contributed by atoms with van der Waals surface area (Å²) >= 11 is 6.64. The molecular formula is C14H19ClN8O2. The Hall–Kier alpha value is -2.30. The standard InChI is InChI=1S/C14H19ClN8O2/c1-6-7(16)4-14(10(15)8(6)17)22-13(25)21-5-23(14)12-9(11(18)24)19-2-3-20-12/h2-3,5-8,10H,4,16-17H2,1H3,(H2,18,24)(H,22,25). The quantitative estimate of drug-likeness (QED) is 0.493. The fourth-order valence-electron chi connectivity index (χ4n) is 3.29. The molecule has 0 saturated heterocycles. The van der Waals surface area contributed by atoms with E-state index in [4.69, 9.17) is 28.8 Å². The number of alkyl halides is 1. The highest BCUT2D eigenvalue weighted by atomic mass is 35.5. The molecule has 134 valence electrons. The minimum atomic E-state index is -1.20. The van der Waals surface area contributed by atoms with E-state index in [1.54, 1.807) is 0 Å². The molecule has 0 radical (unpaired) electrons. The molecule has 1 fully saturated rings. The smallest absolute Gasteiger partial charge is 0.344 e. The molecule has 11 heteroatoms. The summed E-state index contributed by atoms with van der Waals surface area (Å²) in [5.41, 5.74) is 16.6. The Bertz CT molecular complexity index is 743. The lowest BCUT2D eigenvalue weighted by atomic mass is 9.74. The molecule has 5 unspecified atom stereocenters. The van der Waals surface area contributed by atoms with E-state index in [0.29, 0.717) is 0 Å². The molecule has 2 heterocycles. The number of aromatic nitrogens is 2. The summed E-state index contributed by atoms with van der Waals surface area (Å²) < 4.78 is 0. The predicted molar refractivity (Wildman–Crippen MR) is 92.2 cm³/mol. The van der Waals surface area contributed by atoms with E-state index in [0.717, 1.165) is 0 Å². The third kappa shape index (κ3) is 2.71. The summed E-state index contributed by atoms with van der Waals surface area (Å²) in [4.78, 5) is 37.1. The van der Waals surface area contributed by atoms with Crippen LogP contribution < -0.4 is 27.4 Å². The van der Waals surface area contributed by atoms with Gasteiger partial charge < -0.3 is 22.5 Å². The number of amides is 3. The molecule has 0 bridgehead atoms. The monoisotopic (exact) mass is 366 g/mol. The third-order valence-corrected chi connectivity index (χ3v) is 5.46. The average Bonchev–Trinajstić information content (AvgIpc) is 2.58. The van der Waals surface area contributed by atoms with Gasteiger partial charge in [-0.15, -0.1) is 11.6 Å². The number of carbonyl (C=O) groups is 2. The minimum absolute atomic E-state index is 0.0665. The van der Waals surface area contributed by atoms with Crippen molar-refractivity contribution in [2.75, 3.05) is 4.90 Å². The van der Waals surface area contributed by atoms with Gasteiger partial charge in [0.05, 0.1) is 5.38 Å². The van der Waals surface area contributed by atoms with Gasteiger partial charge >= 0.3 is 6.03 Å². The first-order chi connectivity index (χ1) is 11.8. The second-order valence-electron chi connectivity index (χ2n) is 6.27. The number of nitrogens with one attached hydrogen (secondary N) is 1. The molecule has 1 aromatic heterocycles. The number of anilines is 1. The average molecular weight is 367 g/mol. The fourth-order valence-corrected chi connectivity index (χ4v) is 3.77. The van der Waals surface area contributed by atoms with Crippen LogP contribution in [-0.2, 0) is 0 Å². The van der Waals surface area contributed by atoms with E-state index >= 15 is 0 Å². The number of hydrogen-bond acceptors (Lipinski definition) is 7. The number of urea groups is 1. The molecule has 1 aliphatic carbocycles. The normalized spacial score (nSPS) is 34.9. The highest BCUT2D eigenvalue weighted by molar-refractivity contribution is 6.23. The Morgan fingerprint density at radius 2 is 2.08 bits per heavy atom. The second-order valence-corrected chi connectivity index (χ2v) is 6.74.